The third-order valence-electron chi connectivity index (χ3n) is 5.72. The Labute approximate surface area is 175 Å². The lowest BCUT2D eigenvalue weighted by molar-refractivity contribution is -0.133. The van der Waals surface area contributed by atoms with Crippen LogP contribution in [0.15, 0.2) is 60.8 Å². The highest BCUT2D eigenvalue weighted by Crippen LogP contribution is 2.40. The van der Waals surface area contributed by atoms with Crippen LogP contribution in [0.2, 0.25) is 0 Å². The number of rotatable bonds is 4. The minimum absolute atomic E-state index is 0.0190. The summed E-state index contributed by atoms with van der Waals surface area (Å²) in [4.78, 5) is 31.3. The summed E-state index contributed by atoms with van der Waals surface area (Å²) < 4.78 is 11.6. The molecule has 0 atom stereocenters. The van der Waals surface area contributed by atoms with E-state index in [1.807, 2.05) is 42.5 Å². The molecule has 1 fully saturated rings. The van der Waals surface area contributed by atoms with E-state index in [0.717, 1.165) is 10.8 Å². The maximum atomic E-state index is 13.0. The third-order valence-corrected chi connectivity index (χ3v) is 5.72. The molecule has 154 valence electrons. The second-order valence-corrected chi connectivity index (χ2v) is 7.50. The van der Waals surface area contributed by atoms with Gasteiger partial charge in [-0.2, -0.15) is 0 Å². The summed E-state index contributed by atoms with van der Waals surface area (Å²) in [7, 11) is 1.62. The average molecular weight is 404 g/mol. The Balaban J connectivity index is 1.79. The molecule has 4 rings (SSSR count). The van der Waals surface area contributed by atoms with Crippen molar-refractivity contribution in [2.24, 2.45) is 0 Å². The van der Waals surface area contributed by atoms with Crippen LogP contribution in [-0.4, -0.2) is 42.0 Å². The zero-order valence-corrected chi connectivity index (χ0v) is 17.1. The van der Waals surface area contributed by atoms with Crippen molar-refractivity contribution in [1.29, 1.82) is 0 Å². The molecule has 0 saturated carbocycles. The summed E-state index contributed by atoms with van der Waals surface area (Å²) in [5.41, 5.74) is 0.264. The number of carbonyl (C=O) groups is 2. The predicted octanol–water partition coefficient (Wildman–Crippen LogP) is 3.94. The molecule has 1 aromatic heterocycles. The van der Waals surface area contributed by atoms with Gasteiger partial charge in [-0.15, -0.1) is 0 Å². The van der Waals surface area contributed by atoms with Crippen LogP contribution in [0.3, 0.4) is 0 Å². The van der Waals surface area contributed by atoms with Gasteiger partial charge in [-0.05, 0) is 35.7 Å². The largest absolute Gasteiger partial charge is 0.497 e. The van der Waals surface area contributed by atoms with Crippen molar-refractivity contribution in [2.45, 2.75) is 25.4 Å². The Kier molecular flexibility index (Phi) is 5.40. The van der Waals surface area contributed by atoms with Gasteiger partial charge in [-0.1, -0.05) is 24.3 Å². The lowest BCUT2D eigenvalue weighted by Gasteiger charge is -2.41. The lowest BCUT2D eigenvalue weighted by Crippen LogP contribution is -2.47. The zero-order chi connectivity index (χ0) is 21.1. The van der Waals surface area contributed by atoms with Crippen LogP contribution in [0, 0.1) is 0 Å². The molecule has 1 aliphatic heterocycles. The fourth-order valence-electron chi connectivity index (χ4n) is 4.02. The highest BCUT2D eigenvalue weighted by Gasteiger charge is 2.43. The minimum atomic E-state index is -0.926. The molecule has 6 nitrogen and oxygen atoms in total. The normalized spacial score (nSPS) is 15.6. The van der Waals surface area contributed by atoms with Gasteiger partial charge in [0.05, 0.1) is 18.4 Å². The van der Waals surface area contributed by atoms with Crippen molar-refractivity contribution >= 4 is 22.6 Å². The first-order chi connectivity index (χ1) is 14.5. The molecule has 1 saturated heterocycles. The quantitative estimate of drug-likeness (QED) is 0.616. The van der Waals surface area contributed by atoms with Crippen LogP contribution in [0.25, 0.3) is 10.8 Å². The summed E-state index contributed by atoms with van der Waals surface area (Å²) in [6, 6.07) is 16.7. The van der Waals surface area contributed by atoms with E-state index in [0.29, 0.717) is 42.9 Å². The van der Waals surface area contributed by atoms with E-state index < -0.39 is 11.6 Å². The number of likely N-dealkylation sites (tertiary alicyclic amines) is 1. The number of fused-ring (bicyclic) bond motifs is 1. The number of amides is 1. The monoisotopic (exact) mass is 404 g/mol. The molecule has 30 heavy (non-hydrogen) atoms. The zero-order valence-electron chi connectivity index (χ0n) is 17.1. The molecule has 6 heteroatoms. The van der Waals surface area contributed by atoms with E-state index >= 15 is 0 Å². The van der Waals surface area contributed by atoms with Gasteiger partial charge in [-0.25, -0.2) is 4.79 Å². The number of nitrogens with zero attached hydrogens (tertiary/aromatic N) is 2. The number of carbonyl (C=O) groups excluding carboxylic acids is 2. The van der Waals surface area contributed by atoms with Crippen molar-refractivity contribution in [3.63, 3.8) is 0 Å². The van der Waals surface area contributed by atoms with Crippen molar-refractivity contribution < 1.29 is 19.1 Å². The fraction of sp³-hybridized carbons (Fsp3) is 0.292. The Bertz CT molecular complexity index is 1070. The molecule has 0 radical (unpaired) electrons. The van der Waals surface area contributed by atoms with Gasteiger partial charge in [0.2, 0.25) is 5.91 Å². The maximum absolute atomic E-state index is 13.0. The Morgan fingerprint density at radius 2 is 1.77 bits per heavy atom. The van der Waals surface area contributed by atoms with Crippen molar-refractivity contribution in [2.75, 3.05) is 20.2 Å². The summed E-state index contributed by atoms with van der Waals surface area (Å²) in [6.45, 7) is 2.56. The number of piperidine rings is 1. The van der Waals surface area contributed by atoms with Crippen LogP contribution in [0.5, 0.6) is 5.75 Å². The van der Waals surface area contributed by atoms with E-state index in [9.17, 15) is 9.59 Å². The van der Waals surface area contributed by atoms with E-state index in [2.05, 4.69) is 4.98 Å². The molecule has 0 bridgehead atoms. The van der Waals surface area contributed by atoms with Crippen LogP contribution in [0.1, 0.15) is 35.8 Å². The SMILES string of the molecule is COc1ccc2ccnc(C3(OC(=O)c4ccccc4)CCN(C(C)=O)CC3)c2c1. The number of methoxy groups -OCH3 is 1. The van der Waals surface area contributed by atoms with Crippen molar-refractivity contribution in [1.82, 2.24) is 9.88 Å². The van der Waals surface area contributed by atoms with Gasteiger partial charge in [0, 0.05) is 44.4 Å². The third kappa shape index (κ3) is 3.73. The fourth-order valence-corrected chi connectivity index (χ4v) is 4.02. The molecule has 1 aliphatic rings. The van der Waals surface area contributed by atoms with Crippen molar-refractivity contribution in [3.05, 3.63) is 72.1 Å². The number of esters is 1. The molecule has 2 aromatic carbocycles. The molecule has 0 unspecified atom stereocenters. The van der Waals surface area contributed by atoms with E-state index in [1.165, 1.54) is 0 Å². The van der Waals surface area contributed by atoms with Gasteiger partial charge < -0.3 is 14.4 Å². The number of hydrogen-bond donors (Lipinski definition) is 0. The summed E-state index contributed by atoms with van der Waals surface area (Å²) >= 11 is 0. The highest BCUT2D eigenvalue weighted by atomic mass is 16.6. The van der Waals surface area contributed by atoms with Gasteiger partial charge in [0.15, 0.2) is 5.60 Å². The number of pyridine rings is 1. The molecule has 0 aliphatic carbocycles. The van der Waals surface area contributed by atoms with Crippen LogP contribution < -0.4 is 4.74 Å². The van der Waals surface area contributed by atoms with Crippen LogP contribution in [0.4, 0.5) is 0 Å². The topological polar surface area (TPSA) is 68.7 Å². The first-order valence-electron chi connectivity index (χ1n) is 9.99. The Morgan fingerprint density at radius 3 is 2.43 bits per heavy atom. The summed E-state index contributed by atoms with van der Waals surface area (Å²) in [5, 5.41) is 1.87. The summed E-state index contributed by atoms with van der Waals surface area (Å²) in [6.07, 6.45) is 2.70. The lowest BCUT2D eigenvalue weighted by atomic mass is 9.84. The number of aromatic nitrogens is 1. The number of ether oxygens (including phenoxy) is 2. The molecule has 1 amide bonds. The number of benzene rings is 2. The number of hydrogen-bond acceptors (Lipinski definition) is 5. The molecule has 3 aromatic rings. The van der Waals surface area contributed by atoms with Crippen LogP contribution in [-0.2, 0) is 15.1 Å². The first-order valence-corrected chi connectivity index (χ1v) is 9.99. The van der Waals surface area contributed by atoms with E-state index in [1.54, 1.807) is 37.3 Å². The maximum Gasteiger partial charge on any atom is 0.339 e. The molecule has 0 spiro atoms. The van der Waals surface area contributed by atoms with E-state index in [-0.39, 0.29) is 5.91 Å². The van der Waals surface area contributed by atoms with Gasteiger partial charge in [0.1, 0.15) is 5.75 Å². The van der Waals surface area contributed by atoms with Crippen LogP contribution >= 0.6 is 0 Å². The predicted molar refractivity (Wildman–Crippen MR) is 113 cm³/mol. The van der Waals surface area contributed by atoms with E-state index in [4.69, 9.17) is 9.47 Å². The average Bonchev–Trinajstić information content (AvgIpc) is 2.79. The van der Waals surface area contributed by atoms with Crippen molar-refractivity contribution in [3.8, 4) is 5.75 Å². The second kappa shape index (κ2) is 8.14. The Hall–Kier alpha value is -3.41. The molecular formula is C24H24N2O4. The molecule has 2 heterocycles. The van der Waals surface area contributed by atoms with Gasteiger partial charge in [-0.3, -0.25) is 9.78 Å². The highest BCUT2D eigenvalue weighted by molar-refractivity contribution is 5.91. The second-order valence-electron chi connectivity index (χ2n) is 7.50. The smallest absolute Gasteiger partial charge is 0.339 e. The Morgan fingerprint density at radius 1 is 1.03 bits per heavy atom. The van der Waals surface area contributed by atoms with Gasteiger partial charge >= 0.3 is 5.97 Å². The molecular weight excluding hydrogens is 380 g/mol. The minimum Gasteiger partial charge on any atom is -0.497 e. The standard InChI is InChI=1S/C24H24N2O4/c1-17(27)26-14-11-24(12-15-26,30-23(28)19-6-4-3-5-7-19)22-21-16-20(29-2)9-8-18(21)10-13-25-22/h3-10,13,16H,11-12,14-15H2,1-2H3. The summed E-state index contributed by atoms with van der Waals surface area (Å²) in [5.74, 6) is 0.335. The van der Waals surface area contributed by atoms with Gasteiger partial charge in [0.25, 0.3) is 0 Å². The molecule has 0 N–H and O–H groups in total. The first kappa shape index (κ1) is 19.9.